The Bertz CT molecular complexity index is 1440. The number of aromatic nitrogens is 2. The molecule has 0 fully saturated rings. The van der Waals surface area contributed by atoms with Gasteiger partial charge in [0.05, 0.1) is 18.3 Å². The number of nitrogens with zero attached hydrogens (tertiary/aromatic N) is 2. The van der Waals surface area contributed by atoms with E-state index in [1.807, 2.05) is 66.9 Å². The summed E-state index contributed by atoms with van der Waals surface area (Å²) in [7, 11) is 0. The Kier molecular flexibility index (Phi) is 4.38. The van der Waals surface area contributed by atoms with Crippen LogP contribution in [0.2, 0.25) is 0 Å². The van der Waals surface area contributed by atoms with Crippen LogP contribution in [0.1, 0.15) is 15.2 Å². The third-order valence-electron chi connectivity index (χ3n) is 4.95. The van der Waals surface area contributed by atoms with E-state index in [1.54, 1.807) is 11.3 Å². The van der Waals surface area contributed by atoms with E-state index in [0.29, 0.717) is 15.8 Å². The van der Waals surface area contributed by atoms with Crippen molar-refractivity contribution in [3.05, 3.63) is 87.1 Å². The van der Waals surface area contributed by atoms with Crippen molar-refractivity contribution in [2.45, 2.75) is 13.5 Å². The second-order valence-electron chi connectivity index (χ2n) is 6.90. The van der Waals surface area contributed by atoms with Crippen LogP contribution in [-0.2, 0) is 6.54 Å². The molecule has 29 heavy (non-hydrogen) atoms. The quantitative estimate of drug-likeness (QED) is 0.362. The highest BCUT2D eigenvalue weighted by molar-refractivity contribution is 7.19. The summed E-state index contributed by atoms with van der Waals surface area (Å²) in [6, 6.07) is 17.6. The Morgan fingerprint density at radius 3 is 2.69 bits per heavy atom. The van der Waals surface area contributed by atoms with E-state index < -0.39 is 0 Å². The normalized spacial score (nSPS) is 11.3. The van der Waals surface area contributed by atoms with Gasteiger partial charge in [0.25, 0.3) is 5.56 Å². The molecule has 5 aromatic rings. The third-order valence-corrected chi connectivity index (χ3v) is 6.87. The van der Waals surface area contributed by atoms with Crippen LogP contribution in [0.4, 0.5) is 0 Å². The Hall–Kier alpha value is -3.09. The standard InChI is InChI=1S/C23H16N2O2S2/c1-14-6-9-20(29-14)18-12-28-22-21(18)23(27)25(13-24-22)11-19(26)17-8-7-15-4-2-3-5-16(15)10-17/h2-10,12-13H,11H2,1H3. The number of Topliss-reactive ketones (excluding diaryl/α,β-unsaturated/α-hetero) is 1. The molecule has 0 aliphatic heterocycles. The third kappa shape index (κ3) is 3.20. The molecular formula is C23H16N2O2S2. The molecule has 3 aromatic heterocycles. The van der Waals surface area contributed by atoms with Crippen molar-refractivity contribution in [2.75, 3.05) is 0 Å². The van der Waals surface area contributed by atoms with E-state index in [1.165, 1.54) is 27.1 Å². The molecule has 142 valence electrons. The van der Waals surface area contributed by atoms with Gasteiger partial charge in [0.2, 0.25) is 0 Å². The second kappa shape index (κ2) is 7.06. The van der Waals surface area contributed by atoms with Gasteiger partial charge in [0.15, 0.2) is 5.78 Å². The molecule has 0 atom stereocenters. The smallest absolute Gasteiger partial charge is 0.263 e. The Balaban J connectivity index is 1.53. The van der Waals surface area contributed by atoms with Crippen LogP contribution < -0.4 is 5.56 Å². The summed E-state index contributed by atoms with van der Waals surface area (Å²) >= 11 is 3.11. The topological polar surface area (TPSA) is 52.0 Å². The lowest BCUT2D eigenvalue weighted by Crippen LogP contribution is -2.24. The average molecular weight is 417 g/mol. The number of hydrogen-bond donors (Lipinski definition) is 0. The van der Waals surface area contributed by atoms with Crippen molar-refractivity contribution in [1.82, 2.24) is 9.55 Å². The first-order valence-corrected chi connectivity index (χ1v) is 10.9. The summed E-state index contributed by atoms with van der Waals surface area (Å²) in [5, 5.41) is 4.65. The van der Waals surface area contributed by atoms with E-state index in [-0.39, 0.29) is 17.9 Å². The fourth-order valence-corrected chi connectivity index (χ4v) is 5.31. The van der Waals surface area contributed by atoms with E-state index in [2.05, 4.69) is 4.98 Å². The molecule has 0 amide bonds. The Morgan fingerprint density at radius 2 is 1.90 bits per heavy atom. The first-order valence-electron chi connectivity index (χ1n) is 9.15. The monoisotopic (exact) mass is 416 g/mol. The number of aryl methyl sites for hydroxylation is 1. The van der Waals surface area contributed by atoms with Gasteiger partial charge < -0.3 is 0 Å². The zero-order valence-electron chi connectivity index (χ0n) is 15.6. The molecule has 5 rings (SSSR count). The summed E-state index contributed by atoms with van der Waals surface area (Å²) in [6.45, 7) is 2.01. The van der Waals surface area contributed by atoms with Crippen LogP contribution in [0, 0.1) is 6.92 Å². The molecule has 6 heteroatoms. The van der Waals surface area contributed by atoms with Gasteiger partial charge in [-0.2, -0.15) is 0 Å². The van der Waals surface area contributed by atoms with Gasteiger partial charge in [-0.05, 0) is 35.9 Å². The van der Waals surface area contributed by atoms with E-state index >= 15 is 0 Å². The average Bonchev–Trinajstić information content (AvgIpc) is 3.36. The van der Waals surface area contributed by atoms with Crippen LogP contribution in [0.5, 0.6) is 0 Å². The highest BCUT2D eigenvalue weighted by Gasteiger charge is 2.16. The van der Waals surface area contributed by atoms with Crippen LogP contribution in [-0.4, -0.2) is 15.3 Å². The summed E-state index contributed by atoms with van der Waals surface area (Å²) < 4.78 is 1.41. The number of thiophene rings is 2. The molecule has 0 spiro atoms. The van der Waals surface area contributed by atoms with Gasteiger partial charge in [-0.25, -0.2) is 4.98 Å². The van der Waals surface area contributed by atoms with Crippen molar-refractivity contribution in [2.24, 2.45) is 0 Å². The number of ketones is 1. The van der Waals surface area contributed by atoms with Crippen molar-refractivity contribution in [3.8, 4) is 10.4 Å². The van der Waals surface area contributed by atoms with E-state index in [0.717, 1.165) is 21.2 Å². The van der Waals surface area contributed by atoms with Crippen molar-refractivity contribution < 1.29 is 4.79 Å². The summed E-state index contributed by atoms with van der Waals surface area (Å²) in [5.41, 5.74) is 1.31. The fourth-order valence-electron chi connectivity index (χ4n) is 3.45. The zero-order chi connectivity index (χ0) is 20.0. The van der Waals surface area contributed by atoms with Gasteiger partial charge >= 0.3 is 0 Å². The number of hydrogen-bond acceptors (Lipinski definition) is 5. The largest absolute Gasteiger partial charge is 0.292 e. The molecule has 0 radical (unpaired) electrons. The zero-order valence-corrected chi connectivity index (χ0v) is 17.2. The lowest BCUT2D eigenvalue weighted by Gasteiger charge is -2.07. The fraction of sp³-hybridized carbons (Fsp3) is 0.0870. The first kappa shape index (κ1) is 18.0. The predicted molar refractivity (Wildman–Crippen MR) is 120 cm³/mol. The molecule has 0 saturated carbocycles. The van der Waals surface area contributed by atoms with Gasteiger partial charge in [-0.3, -0.25) is 14.2 Å². The van der Waals surface area contributed by atoms with Gasteiger partial charge in [-0.1, -0.05) is 36.4 Å². The number of carbonyl (C=O) groups excluding carboxylic acids is 1. The molecule has 0 aliphatic rings. The SMILES string of the molecule is Cc1ccc(-c2csc3ncn(CC(=O)c4ccc5ccccc5c4)c(=O)c23)s1. The number of benzene rings is 2. The van der Waals surface area contributed by atoms with Crippen LogP contribution in [0.3, 0.4) is 0 Å². The summed E-state index contributed by atoms with van der Waals surface area (Å²) in [5.74, 6) is -0.109. The molecule has 2 aromatic carbocycles. The molecule has 0 saturated heterocycles. The second-order valence-corrected chi connectivity index (χ2v) is 9.05. The van der Waals surface area contributed by atoms with Crippen LogP contribution >= 0.6 is 22.7 Å². The minimum absolute atomic E-state index is 0.0289. The van der Waals surface area contributed by atoms with Crippen molar-refractivity contribution in [3.63, 3.8) is 0 Å². The minimum atomic E-state index is -0.175. The van der Waals surface area contributed by atoms with Crippen LogP contribution in [0.25, 0.3) is 31.4 Å². The highest BCUT2D eigenvalue weighted by atomic mass is 32.1. The molecule has 0 unspecified atom stereocenters. The molecule has 4 nitrogen and oxygen atoms in total. The maximum atomic E-state index is 13.2. The predicted octanol–water partition coefficient (Wildman–Crippen LogP) is 5.53. The maximum absolute atomic E-state index is 13.2. The molecule has 3 heterocycles. The van der Waals surface area contributed by atoms with Crippen molar-refractivity contribution >= 4 is 49.4 Å². The molecule has 0 bridgehead atoms. The van der Waals surface area contributed by atoms with Crippen molar-refractivity contribution in [1.29, 1.82) is 0 Å². The van der Waals surface area contributed by atoms with Gasteiger partial charge in [0.1, 0.15) is 4.83 Å². The maximum Gasteiger partial charge on any atom is 0.263 e. The molecule has 0 aliphatic carbocycles. The number of rotatable bonds is 4. The van der Waals surface area contributed by atoms with Gasteiger partial charge in [0, 0.05) is 26.3 Å². The summed E-state index contributed by atoms with van der Waals surface area (Å²) in [4.78, 5) is 33.4. The van der Waals surface area contributed by atoms with Crippen LogP contribution in [0.15, 0.2) is 71.1 Å². The summed E-state index contributed by atoms with van der Waals surface area (Å²) in [6.07, 6.45) is 1.48. The lowest BCUT2D eigenvalue weighted by molar-refractivity contribution is 0.0971. The Labute approximate surface area is 174 Å². The van der Waals surface area contributed by atoms with E-state index in [9.17, 15) is 9.59 Å². The minimum Gasteiger partial charge on any atom is -0.292 e. The number of carbonyl (C=O) groups is 1. The Morgan fingerprint density at radius 1 is 1.07 bits per heavy atom. The van der Waals surface area contributed by atoms with Gasteiger partial charge in [-0.15, -0.1) is 22.7 Å². The first-order chi connectivity index (χ1) is 14.1. The number of fused-ring (bicyclic) bond motifs is 2. The van der Waals surface area contributed by atoms with E-state index in [4.69, 9.17) is 0 Å². The molecular weight excluding hydrogens is 400 g/mol. The lowest BCUT2D eigenvalue weighted by atomic mass is 10.0. The highest BCUT2D eigenvalue weighted by Crippen LogP contribution is 2.34. The molecule has 0 N–H and O–H groups in total.